The first-order chi connectivity index (χ1) is 15.8. The first-order valence-corrected chi connectivity index (χ1v) is 11.0. The van der Waals surface area contributed by atoms with E-state index in [1.54, 1.807) is 0 Å². The zero-order chi connectivity index (χ0) is 21.8. The average Bonchev–Trinajstić information content (AvgIpc) is 3.25. The minimum Gasteiger partial charge on any atom is -0.399 e. The van der Waals surface area contributed by atoms with Crippen LogP contribution in [0.25, 0.3) is 33.4 Å². The predicted molar refractivity (Wildman–Crippen MR) is 136 cm³/mol. The molecule has 1 nitrogen and oxygen atoms in total. The number of rotatable bonds is 2. The van der Waals surface area contributed by atoms with Crippen molar-refractivity contribution in [3.63, 3.8) is 0 Å². The molecule has 0 atom stereocenters. The highest BCUT2D eigenvalue weighted by molar-refractivity contribution is 5.84. The van der Waals surface area contributed by atoms with Gasteiger partial charge in [0.1, 0.15) is 0 Å². The van der Waals surface area contributed by atoms with Crippen LogP contribution in [0, 0.1) is 0 Å². The monoisotopic (exact) mass is 411 g/mol. The van der Waals surface area contributed by atoms with Gasteiger partial charge >= 0.3 is 0 Å². The summed E-state index contributed by atoms with van der Waals surface area (Å²) in [6, 6.07) is 44.2. The SMILES string of the molecule is Nc1ccc(-c2cccc3c2Cc2ccccc2-3)cc1.c1ccc(-c2ccccc2)cc1. The normalized spacial score (nSPS) is 11.1. The van der Waals surface area contributed by atoms with E-state index in [-0.39, 0.29) is 0 Å². The average molecular weight is 412 g/mol. The molecule has 1 aliphatic carbocycles. The Hall–Kier alpha value is -4.10. The van der Waals surface area contributed by atoms with Crippen molar-refractivity contribution in [2.24, 2.45) is 0 Å². The van der Waals surface area contributed by atoms with Crippen molar-refractivity contribution in [1.82, 2.24) is 0 Å². The summed E-state index contributed by atoms with van der Waals surface area (Å²) >= 11 is 0. The van der Waals surface area contributed by atoms with Crippen LogP contribution in [0.3, 0.4) is 0 Å². The van der Waals surface area contributed by atoms with Gasteiger partial charge in [0.25, 0.3) is 0 Å². The van der Waals surface area contributed by atoms with E-state index in [1.165, 1.54) is 44.5 Å². The van der Waals surface area contributed by atoms with Gasteiger partial charge in [-0.1, -0.05) is 115 Å². The van der Waals surface area contributed by atoms with Gasteiger partial charge in [0, 0.05) is 5.69 Å². The molecule has 0 bridgehead atoms. The number of nitrogens with two attached hydrogens (primary N) is 1. The van der Waals surface area contributed by atoms with Gasteiger partial charge in [-0.25, -0.2) is 0 Å². The van der Waals surface area contributed by atoms with E-state index in [2.05, 4.69) is 103 Å². The Morgan fingerprint density at radius 3 is 1.59 bits per heavy atom. The Morgan fingerprint density at radius 1 is 0.406 bits per heavy atom. The Kier molecular flexibility index (Phi) is 5.55. The first kappa shape index (κ1) is 19.8. The van der Waals surface area contributed by atoms with Gasteiger partial charge in [-0.15, -0.1) is 0 Å². The molecular weight excluding hydrogens is 386 g/mol. The van der Waals surface area contributed by atoms with E-state index in [9.17, 15) is 0 Å². The highest BCUT2D eigenvalue weighted by Crippen LogP contribution is 2.41. The van der Waals surface area contributed by atoms with Crippen LogP contribution < -0.4 is 5.73 Å². The lowest BCUT2D eigenvalue weighted by molar-refractivity contribution is 1.26. The fraction of sp³-hybridized carbons (Fsp3) is 0.0323. The predicted octanol–water partition coefficient (Wildman–Crippen LogP) is 7.86. The van der Waals surface area contributed by atoms with Crippen molar-refractivity contribution in [1.29, 1.82) is 0 Å². The van der Waals surface area contributed by atoms with E-state index >= 15 is 0 Å². The van der Waals surface area contributed by atoms with Crippen LogP contribution >= 0.6 is 0 Å². The molecule has 0 amide bonds. The molecule has 0 saturated carbocycles. The molecule has 1 heteroatoms. The van der Waals surface area contributed by atoms with Crippen LogP contribution in [0.4, 0.5) is 5.69 Å². The molecule has 0 aliphatic heterocycles. The van der Waals surface area contributed by atoms with Crippen LogP contribution in [-0.2, 0) is 6.42 Å². The zero-order valence-corrected chi connectivity index (χ0v) is 17.9. The van der Waals surface area contributed by atoms with Crippen LogP contribution in [0.5, 0.6) is 0 Å². The molecule has 0 unspecified atom stereocenters. The molecule has 154 valence electrons. The molecule has 6 rings (SSSR count). The molecule has 0 saturated heterocycles. The second kappa shape index (κ2) is 8.95. The Bertz CT molecular complexity index is 1280. The van der Waals surface area contributed by atoms with Crippen molar-refractivity contribution >= 4 is 5.69 Å². The van der Waals surface area contributed by atoms with E-state index in [4.69, 9.17) is 5.73 Å². The summed E-state index contributed by atoms with van der Waals surface area (Å²) in [5, 5.41) is 0. The molecule has 5 aromatic carbocycles. The molecule has 0 radical (unpaired) electrons. The van der Waals surface area contributed by atoms with Crippen molar-refractivity contribution < 1.29 is 0 Å². The third-order valence-electron chi connectivity index (χ3n) is 5.95. The van der Waals surface area contributed by atoms with Gasteiger partial charge in [0.2, 0.25) is 0 Å². The van der Waals surface area contributed by atoms with Crippen LogP contribution in [0.15, 0.2) is 127 Å². The van der Waals surface area contributed by atoms with Crippen molar-refractivity contribution in [2.75, 3.05) is 5.73 Å². The minimum atomic E-state index is 0.810. The molecule has 32 heavy (non-hydrogen) atoms. The molecule has 0 aromatic heterocycles. The number of hydrogen-bond donors (Lipinski definition) is 1. The lowest BCUT2D eigenvalue weighted by Crippen LogP contribution is -1.89. The summed E-state index contributed by atoms with van der Waals surface area (Å²) < 4.78 is 0. The molecule has 0 heterocycles. The van der Waals surface area contributed by atoms with E-state index in [0.29, 0.717) is 0 Å². The van der Waals surface area contributed by atoms with Crippen molar-refractivity contribution in [3.05, 3.63) is 139 Å². The van der Waals surface area contributed by atoms with Gasteiger partial charge < -0.3 is 5.73 Å². The Balaban J connectivity index is 0.000000154. The minimum absolute atomic E-state index is 0.810. The summed E-state index contributed by atoms with van der Waals surface area (Å²) in [5.74, 6) is 0. The third kappa shape index (κ3) is 4.06. The summed E-state index contributed by atoms with van der Waals surface area (Å²) in [6.45, 7) is 0. The Labute approximate surface area is 189 Å². The molecule has 0 spiro atoms. The van der Waals surface area contributed by atoms with E-state index < -0.39 is 0 Å². The smallest absolute Gasteiger partial charge is 0.0314 e. The fourth-order valence-corrected chi connectivity index (χ4v) is 4.35. The van der Waals surface area contributed by atoms with Gasteiger partial charge in [0.05, 0.1) is 0 Å². The maximum atomic E-state index is 5.79. The number of nitrogen functional groups attached to an aromatic ring is 1. The molecule has 2 N–H and O–H groups in total. The second-order valence-corrected chi connectivity index (χ2v) is 8.02. The van der Waals surface area contributed by atoms with Gasteiger partial charge in [-0.2, -0.15) is 0 Å². The maximum Gasteiger partial charge on any atom is 0.0314 e. The molecular formula is C31H25N. The van der Waals surface area contributed by atoms with Gasteiger partial charge in [-0.05, 0) is 63.1 Å². The lowest BCUT2D eigenvalue weighted by Gasteiger charge is -2.09. The van der Waals surface area contributed by atoms with Crippen LogP contribution in [0.2, 0.25) is 0 Å². The standard InChI is InChI=1S/C19H15N.C12H10/c20-15-10-8-13(9-11-15)16-6-3-7-18-17-5-2-1-4-14(17)12-19(16)18;1-3-7-11(8-4-1)12-9-5-2-6-10-12/h1-11H,12,20H2;1-10H. The number of fused-ring (bicyclic) bond motifs is 3. The number of hydrogen-bond acceptors (Lipinski definition) is 1. The molecule has 1 aliphatic rings. The van der Waals surface area contributed by atoms with Crippen LogP contribution in [0.1, 0.15) is 11.1 Å². The highest BCUT2D eigenvalue weighted by Gasteiger charge is 2.20. The summed E-state index contributed by atoms with van der Waals surface area (Å²) in [5.41, 5.74) is 17.3. The summed E-state index contributed by atoms with van der Waals surface area (Å²) in [7, 11) is 0. The second-order valence-electron chi connectivity index (χ2n) is 8.02. The largest absolute Gasteiger partial charge is 0.399 e. The van der Waals surface area contributed by atoms with Gasteiger partial charge in [-0.3, -0.25) is 0 Å². The number of benzene rings is 5. The zero-order valence-electron chi connectivity index (χ0n) is 17.9. The summed E-state index contributed by atoms with van der Waals surface area (Å²) in [4.78, 5) is 0. The Morgan fingerprint density at radius 2 is 0.938 bits per heavy atom. The maximum absolute atomic E-state index is 5.79. The molecule has 0 fully saturated rings. The molecule has 5 aromatic rings. The first-order valence-electron chi connectivity index (χ1n) is 11.0. The third-order valence-corrected chi connectivity index (χ3v) is 5.95. The van der Waals surface area contributed by atoms with E-state index in [1.807, 2.05) is 24.3 Å². The van der Waals surface area contributed by atoms with Crippen molar-refractivity contribution in [2.45, 2.75) is 6.42 Å². The lowest BCUT2D eigenvalue weighted by atomic mass is 9.96. The van der Waals surface area contributed by atoms with E-state index in [0.717, 1.165) is 12.1 Å². The number of anilines is 1. The van der Waals surface area contributed by atoms with Crippen LogP contribution in [-0.4, -0.2) is 0 Å². The summed E-state index contributed by atoms with van der Waals surface area (Å²) in [6.07, 6.45) is 1.02. The van der Waals surface area contributed by atoms with Gasteiger partial charge in [0.15, 0.2) is 0 Å². The van der Waals surface area contributed by atoms with Crippen molar-refractivity contribution in [3.8, 4) is 33.4 Å². The highest BCUT2D eigenvalue weighted by atomic mass is 14.5. The topological polar surface area (TPSA) is 26.0 Å². The quantitative estimate of drug-likeness (QED) is 0.288. The fourth-order valence-electron chi connectivity index (χ4n) is 4.35.